The number of amides is 1. The highest BCUT2D eigenvalue weighted by molar-refractivity contribution is 5.78. The molecule has 1 amide bonds. The molecule has 128 valence electrons. The fourth-order valence-corrected chi connectivity index (χ4v) is 2.97. The van der Waals surface area contributed by atoms with E-state index in [0.717, 1.165) is 24.3 Å². The number of pyridine rings is 1. The van der Waals surface area contributed by atoms with Gasteiger partial charge in [0, 0.05) is 38.1 Å². The monoisotopic (exact) mass is 330 g/mol. The lowest BCUT2D eigenvalue weighted by Crippen LogP contribution is -2.54. The van der Waals surface area contributed by atoms with Gasteiger partial charge in [0.2, 0.25) is 5.91 Å². The molecule has 1 fully saturated rings. The van der Waals surface area contributed by atoms with Crippen molar-refractivity contribution in [2.75, 3.05) is 13.1 Å². The minimum absolute atomic E-state index is 0.142. The molecule has 7 heteroatoms. The first-order valence-electron chi connectivity index (χ1n) is 8.11. The van der Waals surface area contributed by atoms with Gasteiger partial charge in [-0.15, -0.1) is 0 Å². The number of carbonyl (C=O) groups excluding carboxylic acids is 1. The second-order valence-electron chi connectivity index (χ2n) is 6.24. The molecule has 3 rings (SSSR count). The van der Waals surface area contributed by atoms with E-state index >= 15 is 0 Å². The van der Waals surface area contributed by atoms with Crippen LogP contribution in [0.3, 0.4) is 0 Å². The van der Waals surface area contributed by atoms with Gasteiger partial charge >= 0.3 is 0 Å². The summed E-state index contributed by atoms with van der Waals surface area (Å²) in [5, 5.41) is 17.0. The average molecular weight is 330 g/mol. The number of likely N-dealkylation sites (tertiary alicyclic amines) is 1. The topological polar surface area (TPSA) is 91.5 Å². The molecule has 2 atom stereocenters. The van der Waals surface area contributed by atoms with Crippen LogP contribution in [0.2, 0.25) is 0 Å². The van der Waals surface area contributed by atoms with Crippen molar-refractivity contribution in [2.45, 2.75) is 38.5 Å². The Hall–Kier alpha value is -2.25. The quantitative estimate of drug-likeness (QED) is 0.837. The maximum absolute atomic E-state index is 12.1. The molecular weight excluding hydrogens is 308 g/mol. The number of piperidine rings is 1. The Kier molecular flexibility index (Phi) is 5.22. The van der Waals surface area contributed by atoms with Gasteiger partial charge in [-0.1, -0.05) is 11.2 Å². The van der Waals surface area contributed by atoms with E-state index in [0.29, 0.717) is 18.7 Å². The molecule has 0 spiro atoms. The van der Waals surface area contributed by atoms with Crippen molar-refractivity contribution in [3.8, 4) is 0 Å². The Balaban J connectivity index is 1.47. The Morgan fingerprint density at radius 2 is 2.42 bits per heavy atom. The number of rotatable bonds is 5. The molecule has 1 aliphatic rings. The van der Waals surface area contributed by atoms with Gasteiger partial charge in [0.05, 0.1) is 24.3 Å². The minimum Gasteiger partial charge on any atom is -0.390 e. The van der Waals surface area contributed by atoms with E-state index in [9.17, 15) is 9.90 Å². The highest BCUT2D eigenvalue weighted by Crippen LogP contribution is 2.14. The summed E-state index contributed by atoms with van der Waals surface area (Å²) < 4.78 is 5.05. The summed E-state index contributed by atoms with van der Waals surface area (Å²) in [6.45, 7) is 3.91. The molecule has 3 heterocycles. The molecular formula is C17H22N4O3. The van der Waals surface area contributed by atoms with Crippen LogP contribution >= 0.6 is 0 Å². The molecule has 7 nitrogen and oxygen atoms in total. The first-order chi connectivity index (χ1) is 11.6. The molecule has 1 saturated heterocycles. The van der Waals surface area contributed by atoms with Gasteiger partial charge in [-0.05, 0) is 25.0 Å². The Labute approximate surface area is 140 Å². The molecule has 2 aromatic rings. The Morgan fingerprint density at radius 3 is 3.08 bits per heavy atom. The van der Waals surface area contributed by atoms with Crippen molar-refractivity contribution in [3.05, 3.63) is 47.6 Å². The third kappa shape index (κ3) is 4.39. The van der Waals surface area contributed by atoms with Crippen LogP contribution in [0.1, 0.15) is 23.4 Å². The number of aromatic nitrogens is 2. The van der Waals surface area contributed by atoms with Crippen molar-refractivity contribution in [1.82, 2.24) is 20.4 Å². The van der Waals surface area contributed by atoms with Crippen molar-refractivity contribution in [3.63, 3.8) is 0 Å². The zero-order valence-electron chi connectivity index (χ0n) is 13.7. The molecule has 0 aromatic carbocycles. The van der Waals surface area contributed by atoms with E-state index in [2.05, 4.69) is 20.4 Å². The minimum atomic E-state index is -0.587. The second-order valence-corrected chi connectivity index (χ2v) is 6.24. The largest absolute Gasteiger partial charge is 0.390 e. The molecule has 2 aromatic heterocycles. The molecule has 0 aliphatic carbocycles. The Bertz CT molecular complexity index is 673. The average Bonchev–Trinajstić information content (AvgIpc) is 2.96. The maximum Gasteiger partial charge on any atom is 0.228 e. The number of hydrogen-bond donors (Lipinski definition) is 2. The Morgan fingerprint density at radius 1 is 1.54 bits per heavy atom. The number of nitrogens with one attached hydrogen (secondary N) is 1. The summed E-state index contributed by atoms with van der Waals surface area (Å²) >= 11 is 0. The normalized spacial score (nSPS) is 21.6. The number of carbonyl (C=O) groups is 1. The predicted octanol–water partition coefficient (Wildman–Crippen LogP) is 0.672. The van der Waals surface area contributed by atoms with Crippen LogP contribution < -0.4 is 5.32 Å². The number of aliphatic hydroxyl groups is 1. The van der Waals surface area contributed by atoms with E-state index in [-0.39, 0.29) is 18.4 Å². The van der Waals surface area contributed by atoms with Crippen molar-refractivity contribution in [2.24, 2.45) is 0 Å². The predicted molar refractivity (Wildman–Crippen MR) is 87.0 cm³/mol. The first-order valence-corrected chi connectivity index (χ1v) is 8.11. The van der Waals surface area contributed by atoms with Gasteiger partial charge in [-0.25, -0.2) is 0 Å². The molecule has 0 bridgehead atoms. The highest BCUT2D eigenvalue weighted by atomic mass is 16.5. The molecule has 0 saturated carbocycles. The molecule has 1 aliphatic heterocycles. The highest BCUT2D eigenvalue weighted by Gasteiger charge is 2.29. The fraction of sp³-hybridized carbons (Fsp3) is 0.471. The SMILES string of the molecule is Cc1cc(CC(=O)N[C@@H]2CCN(Cc3cccnc3)C[C@H]2O)on1. The summed E-state index contributed by atoms with van der Waals surface area (Å²) in [5.41, 5.74) is 1.87. The summed E-state index contributed by atoms with van der Waals surface area (Å²) in [6.07, 6.45) is 3.85. The van der Waals surface area contributed by atoms with Gasteiger partial charge < -0.3 is 14.9 Å². The van der Waals surface area contributed by atoms with Crippen molar-refractivity contribution < 1.29 is 14.4 Å². The van der Waals surface area contributed by atoms with E-state index in [1.807, 2.05) is 25.3 Å². The number of β-amino-alcohol motifs (C(OH)–C–C–N with tert-alkyl or cyclic N) is 1. The van der Waals surface area contributed by atoms with Gasteiger partial charge in [0.25, 0.3) is 0 Å². The van der Waals surface area contributed by atoms with Crippen LogP contribution in [-0.4, -0.2) is 51.3 Å². The van der Waals surface area contributed by atoms with E-state index < -0.39 is 6.10 Å². The van der Waals surface area contributed by atoms with E-state index in [1.54, 1.807) is 12.3 Å². The molecule has 0 radical (unpaired) electrons. The summed E-state index contributed by atoms with van der Waals surface area (Å²) in [7, 11) is 0. The van der Waals surface area contributed by atoms with E-state index in [4.69, 9.17) is 4.52 Å². The van der Waals surface area contributed by atoms with Crippen LogP contribution in [0.5, 0.6) is 0 Å². The molecule has 2 N–H and O–H groups in total. The zero-order chi connectivity index (χ0) is 16.9. The van der Waals surface area contributed by atoms with Gasteiger partial charge in [0.1, 0.15) is 5.76 Å². The summed E-state index contributed by atoms with van der Waals surface area (Å²) in [6, 6.07) is 5.44. The maximum atomic E-state index is 12.1. The van der Waals surface area contributed by atoms with Crippen molar-refractivity contribution in [1.29, 1.82) is 0 Å². The standard InChI is InChI=1S/C17H22N4O3/c1-12-7-14(24-20-12)8-17(23)19-15-4-6-21(11-16(15)22)10-13-3-2-5-18-9-13/h2-3,5,7,9,15-16,22H,4,6,8,10-11H2,1H3,(H,19,23)/t15-,16-/m1/s1. The third-order valence-corrected chi connectivity index (χ3v) is 4.15. The van der Waals surface area contributed by atoms with Crippen molar-refractivity contribution >= 4 is 5.91 Å². The lowest BCUT2D eigenvalue weighted by atomic mass is 10.0. The smallest absolute Gasteiger partial charge is 0.228 e. The van der Waals surface area contributed by atoms with Gasteiger partial charge in [-0.2, -0.15) is 0 Å². The molecule has 0 unspecified atom stereocenters. The van der Waals surface area contributed by atoms with Gasteiger partial charge in [-0.3, -0.25) is 14.7 Å². The number of nitrogens with zero attached hydrogens (tertiary/aromatic N) is 3. The first kappa shape index (κ1) is 16.6. The third-order valence-electron chi connectivity index (χ3n) is 4.15. The fourth-order valence-electron chi connectivity index (χ4n) is 2.97. The molecule has 24 heavy (non-hydrogen) atoms. The zero-order valence-corrected chi connectivity index (χ0v) is 13.7. The van der Waals surface area contributed by atoms with Gasteiger partial charge in [0.15, 0.2) is 0 Å². The van der Waals surface area contributed by atoms with Crippen LogP contribution in [0.25, 0.3) is 0 Å². The van der Waals surface area contributed by atoms with Crippen LogP contribution in [0.15, 0.2) is 35.1 Å². The number of aryl methyl sites for hydroxylation is 1. The lowest BCUT2D eigenvalue weighted by Gasteiger charge is -2.36. The lowest BCUT2D eigenvalue weighted by molar-refractivity contribution is -0.123. The van der Waals surface area contributed by atoms with Crippen LogP contribution in [0, 0.1) is 6.92 Å². The van der Waals surface area contributed by atoms with Crippen LogP contribution in [-0.2, 0) is 17.8 Å². The number of aliphatic hydroxyl groups excluding tert-OH is 1. The second kappa shape index (κ2) is 7.55. The summed E-state index contributed by atoms with van der Waals surface area (Å²) in [5.74, 6) is 0.379. The number of hydrogen-bond acceptors (Lipinski definition) is 6. The summed E-state index contributed by atoms with van der Waals surface area (Å²) in [4.78, 5) is 18.4. The van der Waals surface area contributed by atoms with E-state index in [1.165, 1.54) is 0 Å². The van der Waals surface area contributed by atoms with Crippen LogP contribution in [0.4, 0.5) is 0 Å².